The molecule has 2 aromatic carbocycles. The van der Waals surface area contributed by atoms with E-state index in [4.69, 9.17) is 14.7 Å². The molecule has 1 aliphatic rings. The number of aromatic nitrogens is 2. The molecule has 0 spiro atoms. The molecular formula is C33H42N4OSi. The molecule has 3 heterocycles. The first kappa shape index (κ1) is 27.5. The van der Waals surface area contributed by atoms with E-state index in [1.165, 1.54) is 12.1 Å². The monoisotopic (exact) mass is 538 g/mol. The maximum absolute atomic E-state index is 6.30. The van der Waals surface area contributed by atoms with Crippen molar-refractivity contribution in [1.29, 1.82) is 0 Å². The van der Waals surface area contributed by atoms with Crippen LogP contribution in [0.4, 0.5) is 5.82 Å². The second-order valence-corrected chi connectivity index (χ2v) is 17.8. The van der Waals surface area contributed by atoms with Crippen molar-refractivity contribution in [2.75, 3.05) is 13.2 Å². The van der Waals surface area contributed by atoms with Crippen LogP contribution in [0.15, 0.2) is 84.0 Å². The van der Waals surface area contributed by atoms with E-state index in [1.54, 1.807) is 0 Å². The van der Waals surface area contributed by atoms with E-state index in [2.05, 4.69) is 104 Å². The van der Waals surface area contributed by atoms with Crippen LogP contribution in [0, 0.1) is 5.92 Å². The van der Waals surface area contributed by atoms with E-state index in [9.17, 15) is 0 Å². The summed E-state index contributed by atoms with van der Waals surface area (Å²) < 4.78 is 8.65. The summed E-state index contributed by atoms with van der Waals surface area (Å²) in [6.07, 6.45) is 3.23. The zero-order valence-corrected chi connectivity index (χ0v) is 25.1. The van der Waals surface area contributed by atoms with E-state index in [0.29, 0.717) is 18.6 Å². The summed E-state index contributed by atoms with van der Waals surface area (Å²) in [6, 6.07) is 26.9. The van der Waals surface area contributed by atoms with Gasteiger partial charge in [0, 0.05) is 61.7 Å². The summed E-state index contributed by atoms with van der Waals surface area (Å²) >= 11 is 0. The van der Waals surface area contributed by atoms with Gasteiger partial charge >= 0.3 is 0 Å². The average Bonchev–Trinajstić information content (AvgIpc) is 3.44. The first-order valence-corrected chi connectivity index (χ1v) is 18.0. The minimum absolute atomic E-state index is 0.554. The molecule has 2 aromatic heterocycles. The van der Waals surface area contributed by atoms with Crippen LogP contribution in [0.3, 0.4) is 0 Å². The Morgan fingerprint density at radius 2 is 1.64 bits per heavy atom. The van der Waals surface area contributed by atoms with Crippen LogP contribution in [-0.4, -0.2) is 47.4 Å². The number of hydrogen-bond donors (Lipinski definition) is 0. The molecule has 5 rings (SSSR count). The zero-order chi connectivity index (χ0) is 27.4. The molecule has 5 nitrogen and oxygen atoms in total. The number of hydrogen-bond acceptors (Lipinski definition) is 4. The van der Waals surface area contributed by atoms with Crippen LogP contribution in [0.25, 0.3) is 10.9 Å². The fraction of sp³-hybridized carbons (Fsp3) is 0.394. The van der Waals surface area contributed by atoms with Crippen LogP contribution in [-0.2, 0) is 18.0 Å². The smallest absolute Gasteiger partial charge is 0.154 e. The molecule has 1 unspecified atom stereocenters. The average molecular weight is 539 g/mol. The number of aliphatic imine (C=N–C) groups is 1. The normalized spacial score (nSPS) is 18.1. The third kappa shape index (κ3) is 6.75. The van der Waals surface area contributed by atoms with E-state index in [1.807, 2.05) is 18.3 Å². The van der Waals surface area contributed by atoms with Gasteiger partial charge in [0.1, 0.15) is 6.73 Å². The number of ether oxygens (including phenoxy) is 1. The van der Waals surface area contributed by atoms with Gasteiger partial charge in [-0.15, -0.1) is 0 Å². The quantitative estimate of drug-likeness (QED) is 0.118. The lowest BCUT2D eigenvalue weighted by Crippen LogP contribution is -2.30. The van der Waals surface area contributed by atoms with Gasteiger partial charge in [0.15, 0.2) is 5.82 Å². The molecule has 2 atom stereocenters. The Kier molecular flexibility index (Phi) is 8.45. The lowest BCUT2D eigenvalue weighted by atomic mass is 10.0. The number of fused-ring (bicyclic) bond motifs is 1. The second-order valence-electron chi connectivity index (χ2n) is 12.2. The molecule has 39 heavy (non-hydrogen) atoms. The largest absolute Gasteiger partial charge is 0.361 e. The fourth-order valence-electron chi connectivity index (χ4n) is 5.29. The second kappa shape index (κ2) is 12.0. The van der Waals surface area contributed by atoms with E-state index in [-0.39, 0.29) is 0 Å². The molecule has 0 radical (unpaired) electrons. The molecule has 6 heteroatoms. The van der Waals surface area contributed by atoms with Crippen LogP contribution < -0.4 is 0 Å². The highest BCUT2D eigenvalue weighted by Gasteiger charge is 2.28. The van der Waals surface area contributed by atoms with Gasteiger partial charge in [0.05, 0.1) is 11.2 Å². The Labute approximate surface area is 234 Å². The van der Waals surface area contributed by atoms with Crippen LogP contribution in [0.2, 0.25) is 25.7 Å². The van der Waals surface area contributed by atoms with Crippen molar-refractivity contribution in [1.82, 2.24) is 14.5 Å². The van der Waals surface area contributed by atoms with Crippen molar-refractivity contribution in [3.63, 3.8) is 0 Å². The Morgan fingerprint density at radius 3 is 2.23 bits per heavy atom. The van der Waals surface area contributed by atoms with Crippen LogP contribution >= 0.6 is 0 Å². The van der Waals surface area contributed by atoms with Gasteiger partial charge in [-0.3, -0.25) is 4.90 Å². The summed E-state index contributed by atoms with van der Waals surface area (Å²) in [4.78, 5) is 12.5. The highest BCUT2D eigenvalue weighted by atomic mass is 28.3. The van der Waals surface area contributed by atoms with Crippen molar-refractivity contribution in [3.8, 4) is 0 Å². The Bertz CT molecular complexity index is 1370. The molecule has 4 aromatic rings. The number of pyridine rings is 1. The lowest BCUT2D eigenvalue weighted by Gasteiger charge is -2.24. The van der Waals surface area contributed by atoms with Crippen molar-refractivity contribution in [2.45, 2.75) is 65.3 Å². The van der Waals surface area contributed by atoms with E-state index < -0.39 is 8.07 Å². The van der Waals surface area contributed by atoms with Crippen molar-refractivity contribution in [3.05, 3.63) is 95.8 Å². The van der Waals surface area contributed by atoms with Gasteiger partial charge in [0.25, 0.3) is 0 Å². The van der Waals surface area contributed by atoms with Gasteiger partial charge in [-0.2, -0.15) is 0 Å². The van der Waals surface area contributed by atoms with Crippen LogP contribution in [0.5, 0.6) is 0 Å². The summed E-state index contributed by atoms with van der Waals surface area (Å²) in [5.74, 6) is 1.44. The molecule has 204 valence electrons. The predicted octanol–water partition coefficient (Wildman–Crippen LogP) is 7.75. The van der Waals surface area contributed by atoms with E-state index in [0.717, 1.165) is 59.4 Å². The number of benzene rings is 2. The van der Waals surface area contributed by atoms with Crippen molar-refractivity contribution < 1.29 is 4.74 Å². The maximum atomic E-state index is 6.30. The lowest BCUT2D eigenvalue weighted by molar-refractivity contribution is 0.0861. The molecule has 0 saturated carbocycles. The number of likely N-dealkylation sites (tertiary alicyclic amines) is 1. The van der Waals surface area contributed by atoms with Crippen molar-refractivity contribution in [2.24, 2.45) is 10.9 Å². The number of nitrogens with zero attached hydrogens (tertiary/aromatic N) is 4. The summed E-state index contributed by atoms with van der Waals surface area (Å²) in [5.41, 5.74) is 5.50. The summed E-state index contributed by atoms with van der Waals surface area (Å²) in [7, 11) is -1.15. The first-order chi connectivity index (χ1) is 18.8. The molecule has 0 aliphatic carbocycles. The SMILES string of the molecule is CC1CCN(Cc2cc3cnc(N=C(c4ccccc4)c4ccccc4)cc3n2COCC[Si](C)(C)C)[C@H]1C. The molecule has 1 saturated heterocycles. The van der Waals surface area contributed by atoms with E-state index >= 15 is 0 Å². The molecular weight excluding hydrogens is 496 g/mol. The third-order valence-electron chi connectivity index (χ3n) is 8.03. The Morgan fingerprint density at radius 1 is 0.974 bits per heavy atom. The minimum Gasteiger partial charge on any atom is -0.361 e. The predicted molar refractivity (Wildman–Crippen MR) is 166 cm³/mol. The Hall–Kier alpha value is -3.06. The van der Waals surface area contributed by atoms with Crippen molar-refractivity contribution >= 4 is 30.5 Å². The molecule has 1 fully saturated rings. The Balaban J connectivity index is 1.52. The summed E-state index contributed by atoms with van der Waals surface area (Å²) in [5, 5.41) is 1.14. The van der Waals surface area contributed by atoms with Gasteiger partial charge < -0.3 is 9.30 Å². The van der Waals surface area contributed by atoms with Gasteiger partial charge in [-0.25, -0.2) is 9.98 Å². The summed E-state index contributed by atoms with van der Waals surface area (Å²) in [6.45, 7) is 15.3. The highest BCUT2D eigenvalue weighted by molar-refractivity contribution is 6.76. The molecule has 0 amide bonds. The third-order valence-corrected chi connectivity index (χ3v) is 9.74. The number of rotatable bonds is 10. The van der Waals surface area contributed by atoms with Gasteiger partial charge in [-0.05, 0) is 37.9 Å². The molecule has 0 N–H and O–H groups in total. The topological polar surface area (TPSA) is 42.7 Å². The van der Waals surface area contributed by atoms with Gasteiger partial charge in [-0.1, -0.05) is 87.2 Å². The maximum Gasteiger partial charge on any atom is 0.154 e. The van der Waals surface area contributed by atoms with Gasteiger partial charge in [0.2, 0.25) is 0 Å². The molecule has 0 bridgehead atoms. The standard InChI is InChI=1S/C33H42N4OSi/c1-25-16-17-36(26(25)2)23-30-20-29-22-34-32(21-31(29)37(30)24-38-18-19-39(3,4)5)35-33(27-12-8-6-9-13-27)28-14-10-7-11-15-28/h6-15,20-22,25-26H,16-19,23-24H2,1-5H3/t25?,26-/m0/s1. The molecule has 1 aliphatic heterocycles. The zero-order valence-electron chi connectivity index (χ0n) is 24.1. The highest BCUT2D eigenvalue weighted by Crippen LogP contribution is 2.29. The van der Waals surface area contributed by atoms with Crippen LogP contribution in [0.1, 0.15) is 37.1 Å². The minimum atomic E-state index is -1.15. The first-order valence-electron chi connectivity index (χ1n) is 14.3. The fourth-order valence-corrected chi connectivity index (χ4v) is 6.04.